The summed E-state index contributed by atoms with van der Waals surface area (Å²) in [7, 11) is 3.35. The summed E-state index contributed by atoms with van der Waals surface area (Å²) in [6.07, 6.45) is 9.64. The fraction of sp³-hybridized carbons (Fsp3) is 0.148. The lowest BCUT2D eigenvalue weighted by Crippen LogP contribution is -2.37. The molecule has 33 heavy (non-hydrogen) atoms. The number of para-hydroxylation sites is 2. The minimum atomic E-state index is -0.269. The number of methoxy groups -OCH3 is 2. The number of benzene rings is 2. The number of aliphatic imine (C=N–C) groups is 2. The molecular formula is C27H24N4O2. The first kappa shape index (κ1) is 20.7. The molecule has 1 aliphatic carbocycles. The molecule has 6 nitrogen and oxygen atoms in total. The van der Waals surface area contributed by atoms with Gasteiger partial charge in [0.05, 0.1) is 31.5 Å². The van der Waals surface area contributed by atoms with Crippen molar-refractivity contribution in [2.75, 3.05) is 19.5 Å². The van der Waals surface area contributed by atoms with Gasteiger partial charge in [0, 0.05) is 18.0 Å². The van der Waals surface area contributed by atoms with Crippen molar-refractivity contribution in [1.82, 2.24) is 4.98 Å². The number of nitrogens with one attached hydrogen (secondary N) is 1. The van der Waals surface area contributed by atoms with Crippen molar-refractivity contribution >= 4 is 22.8 Å². The molecule has 0 amide bonds. The van der Waals surface area contributed by atoms with Crippen molar-refractivity contribution in [3.05, 3.63) is 102 Å². The number of hydrogen-bond acceptors (Lipinski definition) is 6. The Morgan fingerprint density at radius 1 is 0.879 bits per heavy atom. The van der Waals surface area contributed by atoms with E-state index in [9.17, 15) is 0 Å². The van der Waals surface area contributed by atoms with Crippen LogP contribution < -0.4 is 14.8 Å². The second-order valence-electron chi connectivity index (χ2n) is 7.73. The average molecular weight is 437 g/mol. The van der Waals surface area contributed by atoms with Crippen molar-refractivity contribution in [3.8, 4) is 11.5 Å². The van der Waals surface area contributed by atoms with Gasteiger partial charge in [-0.1, -0.05) is 36.4 Å². The van der Waals surface area contributed by atoms with Crippen molar-refractivity contribution in [2.24, 2.45) is 15.9 Å². The highest BCUT2D eigenvalue weighted by Gasteiger charge is 2.31. The summed E-state index contributed by atoms with van der Waals surface area (Å²) < 4.78 is 11.0. The minimum Gasteiger partial charge on any atom is -0.497 e. The van der Waals surface area contributed by atoms with E-state index in [0.717, 1.165) is 39.6 Å². The van der Waals surface area contributed by atoms with Gasteiger partial charge in [-0.05, 0) is 53.6 Å². The molecule has 1 aromatic heterocycles. The fourth-order valence-corrected chi connectivity index (χ4v) is 4.02. The van der Waals surface area contributed by atoms with E-state index in [0.29, 0.717) is 5.84 Å². The summed E-state index contributed by atoms with van der Waals surface area (Å²) >= 11 is 0. The summed E-state index contributed by atoms with van der Waals surface area (Å²) in [6.45, 7) is 0. The van der Waals surface area contributed by atoms with E-state index < -0.39 is 0 Å². The number of hydrogen-bond donors (Lipinski definition) is 1. The maximum Gasteiger partial charge on any atom is 0.158 e. The maximum atomic E-state index is 5.56. The molecule has 1 N–H and O–H groups in total. The Kier molecular flexibility index (Phi) is 5.72. The van der Waals surface area contributed by atoms with Crippen LogP contribution in [0.1, 0.15) is 11.1 Å². The Labute approximate surface area is 193 Å². The number of fused-ring (bicyclic) bond motifs is 1. The van der Waals surface area contributed by atoms with Gasteiger partial charge >= 0.3 is 0 Å². The summed E-state index contributed by atoms with van der Waals surface area (Å²) in [6, 6.07) is 19.8. The Bertz CT molecular complexity index is 1280. The normalized spacial score (nSPS) is 19.0. The monoisotopic (exact) mass is 436 g/mol. The Morgan fingerprint density at radius 3 is 2.58 bits per heavy atom. The second kappa shape index (κ2) is 9.12. The number of anilines is 1. The number of aromatic nitrogens is 1. The molecule has 0 spiro atoms. The average Bonchev–Trinajstić information content (AvgIpc) is 2.89. The Hall–Kier alpha value is -4.19. The molecular weight excluding hydrogens is 412 g/mol. The van der Waals surface area contributed by atoms with E-state index in [1.54, 1.807) is 26.6 Å². The number of amidine groups is 1. The molecule has 2 unspecified atom stereocenters. The van der Waals surface area contributed by atoms with Crippen LogP contribution in [0, 0.1) is 5.92 Å². The van der Waals surface area contributed by atoms with E-state index in [1.165, 1.54) is 0 Å². The molecule has 6 heteroatoms. The zero-order valence-electron chi connectivity index (χ0n) is 18.5. The summed E-state index contributed by atoms with van der Waals surface area (Å²) in [5.74, 6) is 2.19. The first-order valence-electron chi connectivity index (χ1n) is 10.8. The van der Waals surface area contributed by atoms with Crippen LogP contribution in [0.2, 0.25) is 0 Å². The third-order valence-electron chi connectivity index (χ3n) is 5.70. The van der Waals surface area contributed by atoms with Crippen LogP contribution in [0.25, 0.3) is 5.57 Å². The summed E-state index contributed by atoms with van der Waals surface area (Å²) in [5, 5.41) is 3.58. The third kappa shape index (κ3) is 4.28. The number of allylic oxidation sites excluding steroid dienone is 3. The molecule has 2 atom stereocenters. The number of ether oxygens (including phenoxy) is 2. The highest BCUT2D eigenvalue weighted by molar-refractivity contribution is 6.15. The molecule has 0 saturated heterocycles. The number of rotatable bonds is 6. The quantitative estimate of drug-likeness (QED) is 0.590. The molecule has 1 aliphatic heterocycles. The van der Waals surface area contributed by atoms with Gasteiger partial charge in [0.25, 0.3) is 0 Å². The SMILES string of the molecule is COc1cccc(C2=CC3C(=NC(c4cccnc4)=NC3Nc3ccccc3OC)C=C2)c1. The van der Waals surface area contributed by atoms with E-state index in [2.05, 4.69) is 34.6 Å². The minimum absolute atomic E-state index is 0.0541. The van der Waals surface area contributed by atoms with E-state index in [1.807, 2.05) is 54.6 Å². The lowest BCUT2D eigenvalue weighted by atomic mass is 9.87. The van der Waals surface area contributed by atoms with Gasteiger partial charge in [-0.15, -0.1) is 0 Å². The molecule has 2 aliphatic rings. The van der Waals surface area contributed by atoms with Gasteiger partial charge < -0.3 is 14.8 Å². The van der Waals surface area contributed by atoms with Crippen LogP contribution in [0.4, 0.5) is 5.69 Å². The van der Waals surface area contributed by atoms with Crippen molar-refractivity contribution in [1.29, 1.82) is 0 Å². The van der Waals surface area contributed by atoms with Crippen LogP contribution in [-0.2, 0) is 0 Å². The van der Waals surface area contributed by atoms with Gasteiger partial charge in [-0.2, -0.15) is 0 Å². The molecule has 0 radical (unpaired) electrons. The largest absolute Gasteiger partial charge is 0.497 e. The van der Waals surface area contributed by atoms with E-state index in [4.69, 9.17) is 19.5 Å². The second-order valence-corrected chi connectivity index (χ2v) is 7.73. The molecule has 0 saturated carbocycles. The predicted molar refractivity (Wildman–Crippen MR) is 132 cm³/mol. The van der Waals surface area contributed by atoms with Crippen LogP contribution in [0.15, 0.2) is 101 Å². The zero-order valence-corrected chi connectivity index (χ0v) is 18.5. The zero-order chi connectivity index (χ0) is 22.6. The fourth-order valence-electron chi connectivity index (χ4n) is 4.02. The smallest absolute Gasteiger partial charge is 0.158 e. The molecule has 3 aromatic rings. The molecule has 2 aromatic carbocycles. The maximum absolute atomic E-state index is 5.56. The number of nitrogens with zero attached hydrogens (tertiary/aromatic N) is 3. The van der Waals surface area contributed by atoms with E-state index in [-0.39, 0.29) is 12.1 Å². The first-order valence-corrected chi connectivity index (χ1v) is 10.8. The highest BCUT2D eigenvalue weighted by atomic mass is 16.5. The Balaban J connectivity index is 1.55. The van der Waals surface area contributed by atoms with Crippen molar-refractivity contribution < 1.29 is 9.47 Å². The van der Waals surface area contributed by atoms with Crippen LogP contribution >= 0.6 is 0 Å². The number of pyridine rings is 1. The lowest BCUT2D eigenvalue weighted by molar-refractivity contribution is 0.414. The van der Waals surface area contributed by atoms with Crippen molar-refractivity contribution in [3.63, 3.8) is 0 Å². The summed E-state index contributed by atoms with van der Waals surface area (Å²) in [4.78, 5) is 14.1. The van der Waals surface area contributed by atoms with Crippen molar-refractivity contribution in [2.45, 2.75) is 6.17 Å². The molecule has 2 heterocycles. The molecule has 0 fully saturated rings. The van der Waals surface area contributed by atoms with Crippen LogP contribution in [-0.4, -0.2) is 36.9 Å². The third-order valence-corrected chi connectivity index (χ3v) is 5.70. The van der Waals surface area contributed by atoms with Gasteiger partial charge in [0.15, 0.2) is 5.84 Å². The van der Waals surface area contributed by atoms with Crippen LogP contribution in [0.5, 0.6) is 11.5 Å². The van der Waals surface area contributed by atoms with E-state index >= 15 is 0 Å². The van der Waals surface area contributed by atoms with Gasteiger partial charge in [0.1, 0.15) is 17.7 Å². The Morgan fingerprint density at radius 2 is 1.76 bits per heavy atom. The van der Waals surface area contributed by atoms with Crippen LogP contribution in [0.3, 0.4) is 0 Å². The molecule has 164 valence electrons. The standard InChI is InChI=1S/C27H24N4O2/c1-32-21-9-5-7-18(15-21)19-12-13-23-22(16-19)27(30-24-10-3-4-11-25(24)33-2)31-26(29-23)20-8-6-14-28-17-20/h3-17,22,27,30H,1-2H3. The predicted octanol–water partition coefficient (Wildman–Crippen LogP) is 5.01. The topological polar surface area (TPSA) is 68.1 Å². The molecule has 5 rings (SSSR count). The highest BCUT2D eigenvalue weighted by Crippen LogP contribution is 2.33. The first-order chi connectivity index (χ1) is 16.2. The van der Waals surface area contributed by atoms with Gasteiger partial charge in [-0.3, -0.25) is 4.98 Å². The van der Waals surface area contributed by atoms with Gasteiger partial charge in [-0.25, -0.2) is 9.98 Å². The van der Waals surface area contributed by atoms with Gasteiger partial charge in [0.2, 0.25) is 0 Å². The summed E-state index contributed by atoms with van der Waals surface area (Å²) in [5.41, 5.74) is 4.90. The lowest BCUT2D eigenvalue weighted by Gasteiger charge is -2.30. The molecule has 0 bridgehead atoms.